The molecule has 1 aliphatic rings. The van der Waals surface area contributed by atoms with E-state index in [0.29, 0.717) is 6.42 Å². The van der Waals surface area contributed by atoms with E-state index in [1.165, 1.54) is 0 Å². The highest BCUT2D eigenvalue weighted by atomic mass is 16.1. The zero-order chi connectivity index (χ0) is 8.39. The number of aromatic nitrogens is 1. The molecule has 0 amide bonds. The lowest BCUT2D eigenvalue weighted by Gasteiger charge is -2.03. The van der Waals surface area contributed by atoms with Gasteiger partial charge in [0.15, 0.2) is 5.78 Å². The maximum absolute atomic E-state index is 11.4. The van der Waals surface area contributed by atoms with Gasteiger partial charge in [-0.2, -0.15) is 0 Å². The molecule has 0 aromatic carbocycles. The summed E-state index contributed by atoms with van der Waals surface area (Å²) in [4.78, 5) is 15.4. The predicted molar refractivity (Wildman–Crippen MR) is 46.3 cm³/mol. The Morgan fingerprint density at radius 1 is 1.50 bits per heavy atom. The van der Waals surface area contributed by atoms with Gasteiger partial charge in [-0.15, -0.1) is 0 Å². The van der Waals surface area contributed by atoms with Crippen molar-refractivity contribution in [2.24, 2.45) is 0 Å². The van der Waals surface area contributed by atoms with Gasteiger partial charge in [-0.3, -0.25) is 9.78 Å². The first kappa shape index (κ1) is 7.28. The zero-order valence-electron chi connectivity index (χ0n) is 6.71. The molecule has 62 valence electrons. The standard InChI is InChI=1S/C9H10N2O/c12-9-2-1-4-11-8-6-10-5-3-7(8)9/h3,5-6,11H,1-2,4H2. The maximum Gasteiger partial charge on any atom is 0.165 e. The number of nitrogens with zero attached hydrogens (tertiary/aromatic N) is 1. The summed E-state index contributed by atoms with van der Waals surface area (Å²) in [5.74, 6) is 0.220. The Kier molecular flexibility index (Phi) is 1.78. The molecule has 1 aromatic rings. The van der Waals surface area contributed by atoms with Crippen LogP contribution in [0.25, 0.3) is 0 Å². The van der Waals surface area contributed by atoms with Gasteiger partial charge in [-0.25, -0.2) is 0 Å². The average Bonchev–Trinajstić information content (AvgIpc) is 2.29. The van der Waals surface area contributed by atoms with Gasteiger partial charge in [0.05, 0.1) is 11.9 Å². The number of rotatable bonds is 0. The van der Waals surface area contributed by atoms with Crippen molar-refractivity contribution in [1.82, 2.24) is 4.98 Å². The number of hydrogen-bond donors (Lipinski definition) is 1. The van der Waals surface area contributed by atoms with Crippen LogP contribution in [-0.2, 0) is 0 Å². The van der Waals surface area contributed by atoms with Crippen LogP contribution < -0.4 is 5.32 Å². The summed E-state index contributed by atoms with van der Waals surface area (Å²) >= 11 is 0. The Balaban J connectivity index is 2.46. The zero-order valence-corrected chi connectivity index (χ0v) is 6.71. The normalized spacial score (nSPS) is 16.2. The molecule has 2 rings (SSSR count). The van der Waals surface area contributed by atoms with Crippen LogP contribution in [0.5, 0.6) is 0 Å². The molecule has 0 aliphatic carbocycles. The van der Waals surface area contributed by atoms with Gasteiger partial charge in [0, 0.05) is 24.7 Å². The second-order valence-electron chi connectivity index (χ2n) is 2.87. The summed E-state index contributed by atoms with van der Waals surface area (Å²) in [6, 6.07) is 1.77. The number of ketones is 1. The van der Waals surface area contributed by atoms with Crippen LogP contribution in [0.4, 0.5) is 5.69 Å². The van der Waals surface area contributed by atoms with Gasteiger partial charge in [0.2, 0.25) is 0 Å². The van der Waals surface area contributed by atoms with Crippen molar-refractivity contribution in [1.29, 1.82) is 0 Å². The first-order valence-electron chi connectivity index (χ1n) is 4.09. The van der Waals surface area contributed by atoms with Crippen molar-refractivity contribution in [3.05, 3.63) is 24.0 Å². The van der Waals surface area contributed by atoms with Crippen LogP contribution in [0.3, 0.4) is 0 Å². The number of carbonyl (C=O) groups is 1. The number of fused-ring (bicyclic) bond motifs is 1. The predicted octanol–water partition coefficient (Wildman–Crippen LogP) is 1.47. The van der Waals surface area contributed by atoms with Crippen molar-refractivity contribution in [3.63, 3.8) is 0 Å². The lowest BCUT2D eigenvalue weighted by Crippen LogP contribution is -2.00. The fraction of sp³-hybridized carbons (Fsp3) is 0.333. The summed E-state index contributed by atoms with van der Waals surface area (Å²) in [5.41, 5.74) is 1.66. The van der Waals surface area contributed by atoms with Crippen molar-refractivity contribution in [2.75, 3.05) is 11.9 Å². The van der Waals surface area contributed by atoms with Crippen molar-refractivity contribution in [3.8, 4) is 0 Å². The highest BCUT2D eigenvalue weighted by molar-refractivity contribution is 6.01. The molecule has 3 nitrogen and oxygen atoms in total. The van der Waals surface area contributed by atoms with E-state index in [9.17, 15) is 4.79 Å². The first-order valence-corrected chi connectivity index (χ1v) is 4.09. The molecule has 1 aromatic heterocycles. The number of nitrogens with one attached hydrogen (secondary N) is 1. The Bertz CT molecular complexity index is 309. The third kappa shape index (κ3) is 1.18. The third-order valence-electron chi connectivity index (χ3n) is 2.02. The van der Waals surface area contributed by atoms with E-state index >= 15 is 0 Å². The van der Waals surface area contributed by atoms with Crippen LogP contribution in [0.15, 0.2) is 18.5 Å². The van der Waals surface area contributed by atoms with E-state index < -0.39 is 0 Å². The highest BCUT2D eigenvalue weighted by Crippen LogP contribution is 2.19. The number of hydrogen-bond acceptors (Lipinski definition) is 3. The summed E-state index contributed by atoms with van der Waals surface area (Å²) < 4.78 is 0. The third-order valence-corrected chi connectivity index (χ3v) is 2.02. The molecular weight excluding hydrogens is 152 g/mol. The van der Waals surface area contributed by atoms with Crippen LogP contribution in [-0.4, -0.2) is 17.3 Å². The molecule has 0 fully saturated rings. The van der Waals surface area contributed by atoms with Gasteiger partial charge >= 0.3 is 0 Å². The van der Waals surface area contributed by atoms with Gasteiger partial charge < -0.3 is 5.32 Å². The Morgan fingerprint density at radius 2 is 2.42 bits per heavy atom. The van der Waals surface area contributed by atoms with E-state index in [2.05, 4.69) is 10.3 Å². The largest absolute Gasteiger partial charge is 0.383 e. The summed E-state index contributed by atoms with van der Waals surface area (Å²) in [6.07, 6.45) is 4.92. The minimum absolute atomic E-state index is 0.220. The minimum atomic E-state index is 0.220. The molecule has 0 spiro atoms. The van der Waals surface area contributed by atoms with Crippen LogP contribution in [0, 0.1) is 0 Å². The summed E-state index contributed by atoms with van der Waals surface area (Å²) in [5, 5.41) is 3.17. The number of pyridine rings is 1. The number of anilines is 1. The van der Waals surface area contributed by atoms with E-state index in [4.69, 9.17) is 0 Å². The molecule has 12 heavy (non-hydrogen) atoms. The molecule has 0 radical (unpaired) electrons. The molecule has 0 bridgehead atoms. The van der Waals surface area contributed by atoms with Crippen molar-refractivity contribution >= 4 is 11.5 Å². The second-order valence-corrected chi connectivity index (χ2v) is 2.87. The van der Waals surface area contributed by atoms with Crippen molar-refractivity contribution < 1.29 is 4.79 Å². The van der Waals surface area contributed by atoms with Crippen LogP contribution >= 0.6 is 0 Å². The number of carbonyl (C=O) groups excluding carboxylic acids is 1. The van der Waals surface area contributed by atoms with Gasteiger partial charge in [-0.05, 0) is 12.5 Å². The molecule has 3 heteroatoms. The Hall–Kier alpha value is -1.38. The molecule has 0 saturated heterocycles. The fourth-order valence-corrected chi connectivity index (χ4v) is 1.39. The Morgan fingerprint density at radius 3 is 3.33 bits per heavy atom. The van der Waals surface area contributed by atoms with Gasteiger partial charge in [0.1, 0.15) is 0 Å². The Labute approximate surface area is 70.8 Å². The quantitative estimate of drug-likeness (QED) is 0.628. The molecule has 0 atom stereocenters. The summed E-state index contributed by atoms with van der Waals surface area (Å²) in [6.45, 7) is 0.866. The monoisotopic (exact) mass is 162 g/mol. The average molecular weight is 162 g/mol. The topological polar surface area (TPSA) is 42.0 Å². The first-order chi connectivity index (χ1) is 5.88. The van der Waals surface area contributed by atoms with E-state index in [-0.39, 0.29) is 5.78 Å². The molecule has 0 saturated carbocycles. The molecule has 0 unspecified atom stereocenters. The fourth-order valence-electron chi connectivity index (χ4n) is 1.39. The lowest BCUT2D eigenvalue weighted by atomic mass is 10.1. The van der Waals surface area contributed by atoms with Gasteiger partial charge in [-0.1, -0.05) is 0 Å². The van der Waals surface area contributed by atoms with E-state index in [1.807, 2.05) is 0 Å². The molecule has 1 N–H and O–H groups in total. The minimum Gasteiger partial charge on any atom is -0.383 e. The lowest BCUT2D eigenvalue weighted by molar-refractivity contribution is 0.0983. The molecule has 2 heterocycles. The number of Topliss-reactive ketones (excluding diaryl/α,β-unsaturated/α-hetero) is 1. The van der Waals surface area contributed by atoms with Crippen LogP contribution in [0.2, 0.25) is 0 Å². The molecular formula is C9H10N2O. The van der Waals surface area contributed by atoms with Crippen LogP contribution in [0.1, 0.15) is 23.2 Å². The van der Waals surface area contributed by atoms with Crippen molar-refractivity contribution in [2.45, 2.75) is 12.8 Å². The summed E-state index contributed by atoms with van der Waals surface area (Å²) in [7, 11) is 0. The van der Waals surface area contributed by atoms with E-state index in [0.717, 1.165) is 24.2 Å². The smallest absolute Gasteiger partial charge is 0.165 e. The second kappa shape index (κ2) is 2.93. The highest BCUT2D eigenvalue weighted by Gasteiger charge is 2.13. The molecule has 1 aliphatic heterocycles. The van der Waals surface area contributed by atoms with E-state index in [1.54, 1.807) is 18.5 Å². The maximum atomic E-state index is 11.4. The van der Waals surface area contributed by atoms with Gasteiger partial charge in [0.25, 0.3) is 0 Å². The SMILES string of the molecule is O=C1CCCNc2cnccc21.